The number of hydrogen-bond acceptors (Lipinski definition) is 3. The van der Waals surface area contributed by atoms with Gasteiger partial charge in [-0.15, -0.1) is 0 Å². The topological polar surface area (TPSA) is 87.7 Å². The number of urea groups is 1. The number of carboxylic acid groups (broad SMARTS) is 1. The quantitative estimate of drug-likeness (QED) is 0.698. The van der Waals surface area contributed by atoms with Crippen molar-refractivity contribution >= 4 is 12.0 Å². The highest BCUT2D eigenvalue weighted by atomic mass is 16.5. The minimum Gasteiger partial charge on any atom is -0.480 e. The highest BCUT2D eigenvalue weighted by Crippen LogP contribution is 2.34. The largest absolute Gasteiger partial charge is 0.480 e. The molecule has 2 heterocycles. The third-order valence-electron chi connectivity index (χ3n) is 4.19. The monoisotopic (exact) mass is 270 g/mol. The fourth-order valence-electron chi connectivity index (χ4n) is 2.82. The molecule has 0 radical (unpaired) electrons. The molecule has 2 aliphatic heterocycles. The van der Waals surface area contributed by atoms with Crippen molar-refractivity contribution in [1.29, 1.82) is 0 Å². The molecule has 6 heteroatoms. The van der Waals surface area contributed by atoms with Crippen molar-refractivity contribution in [2.45, 2.75) is 63.8 Å². The lowest BCUT2D eigenvalue weighted by atomic mass is 9.95. The molecule has 2 fully saturated rings. The van der Waals surface area contributed by atoms with E-state index in [-0.39, 0.29) is 24.2 Å². The molecule has 5 atom stereocenters. The third-order valence-corrected chi connectivity index (χ3v) is 4.19. The minimum absolute atomic E-state index is 0.0186. The van der Waals surface area contributed by atoms with Crippen molar-refractivity contribution in [3.63, 3.8) is 0 Å². The minimum atomic E-state index is -0.992. The highest BCUT2D eigenvalue weighted by Gasteiger charge is 2.41. The molecular formula is C13H22N2O4. The Labute approximate surface area is 112 Å². The van der Waals surface area contributed by atoms with Crippen LogP contribution in [0, 0.1) is 5.92 Å². The van der Waals surface area contributed by atoms with Gasteiger partial charge in [0.25, 0.3) is 0 Å². The number of hydrogen-bond donors (Lipinski definition) is 3. The molecule has 2 amide bonds. The smallest absolute Gasteiger partial charge is 0.326 e. The number of aliphatic carboxylic acids is 1. The van der Waals surface area contributed by atoms with Crippen molar-refractivity contribution in [2.75, 3.05) is 0 Å². The average molecular weight is 270 g/mol. The Balaban J connectivity index is 1.84. The van der Waals surface area contributed by atoms with Gasteiger partial charge in [-0.3, -0.25) is 0 Å². The third kappa shape index (κ3) is 3.18. The predicted octanol–water partition coefficient (Wildman–Crippen LogP) is 1.10. The summed E-state index contributed by atoms with van der Waals surface area (Å²) in [7, 11) is 0. The van der Waals surface area contributed by atoms with Gasteiger partial charge in [-0.05, 0) is 25.2 Å². The first kappa shape index (κ1) is 14.1. The summed E-state index contributed by atoms with van der Waals surface area (Å²) in [6.07, 6.45) is 3.94. The van der Waals surface area contributed by atoms with Gasteiger partial charge in [0.1, 0.15) is 6.04 Å². The zero-order valence-electron chi connectivity index (χ0n) is 11.4. The number of nitrogens with one attached hydrogen (secondary N) is 2. The van der Waals surface area contributed by atoms with Crippen LogP contribution in [-0.4, -0.2) is 41.4 Å². The number of fused-ring (bicyclic) bond motifs is 2. The molecule has 0 aliphatic carbocycles. The van der Waals surface area contributed by atoms with Crippen LogP contribution in [0.3, 0.4) is 0 Å². The normalized spacial score (nSPS) is 31.8. The second kappa shape index (κ2) is 5.77. The molecule has 0 aromatic carbocycles. The van der Waals surface area contributed by atoms with Crippen LogP contribution in [0.2, 0.25) is 0 Å². The Kier molecular flexibility index (Phi) is 4.29. The summed E-state index contributed by atoms with van der Waals surface area (Å²) in [5, 5.41) is 14.5. The number of carboxylic acids is 1. The Morgan fingerprint density at radius 1 is 1.42 bits per heavy atom. The summed E-state index contributed by atoms with van der Waals surface area (Å²) in [4.78, 5) is 23.0. The lowest BCUT2D eigenvalue weighted by Gasteiger charge is -2.24. The average Bonchev–Trinajstić information content (AvgIpc) is 2.96. The Morgan fingerprint density at radius 3 is 2.63 bits per heavy atom. The molecule has 6 nitrogen and oxygen atoms in total. The van der Waals surface area contributed by atoms with Gasteiger partial charge < -0.3 is 20.5 Å². The molecule has 19 heavy (non-hydrogen) atoms. The first-order chi connectivity index (χ1) is 9.01. The fraction of sp³-hybridized carbons (Fsp3) is 0.846. The van der Waals surface area contributed by atoms with Crippen molar-refractivity contribution in [3.8, 4) is 0 Å². The van der Waals surface area contributed by atoms with Crippen LogP contribution in [0.1, 0.15) is 39.5 Å². The summed E-state index contributed by atoms with van der Waals surface area (Å²) in [5.41, 5.74) is 0. The summed E-state index contributed by atoms with van der Waals surface area (Å²) in [5.74, 6) is -1.09. The summed E-state index contributed by atoms with van der Waals surface area (Å²) in [6, 6.07) is -1.23. The van der Waals surface area contributed by atoms with Crippen LogP contribution in [0.4, 0.5) is 4.79 Å². The van der Waals surface area contributed by atoms with Crippen molar-refractivity contribution in [3.05, 3.63) is 0 Å². The van der Waals surface area contributed by atoms with E-state index in [1.54, 1.807) is 0 Å². The van der Waals surface area contributed by atoms with Crippen LogP contribution in [0.15, 0.2) is 0 Å². The van der Waals surface area contributed by atoms with E-state index < -0.39 is 18.0 Å². The highest BCUT2D eigenvalue weighted by molar-refractivity contribution is 5.82. The van der Waals surface area contributed by atoms with E-state index in [1.807, 2.05) is 13.8 Å². The van der Waals surface area contributed by atoms with Gasteiger partial charge in [0.15, 0.2) is 0 Å². The maximum atomic E-state index is 11.9. The summed E-state index contributed by atoms with van der Waals surface area (Å²) >= 11 is 0. The van der Waals surface area contributed by atoms with E-state index in [0.29, 0.717) is 6.42 Å². The lowest BCUT2D eigenvalue weighted by molar-refractivity contribution is -0.140. The van der Waals surface area contributed by atoms with Gasteiger partial charge in [-0.1, -0.05) is 20.3 Å². The Hall–Kier alpha value is -1.30. The molecule has 0 aromatic rings. The van der Waals surface area contributed by atoms with Gasteiger partial charge in [0, 0.05) is 0 Å². The number of ether oxygens (including phenoxy) is 1. The molecule has 2 bridgehead atoms. The predicted molar refractivity (Wildman–Crippen MR) is 68.8 cm³/mol. The maximum absolute atomic E-state index is 11.9. The molecule has 2 rings (SSSR count). The van der Waals surface area contributed by atoms with Gasteiger partial charge >= 0.3 is 12.0 Å². The SMILES string of the molecule is CCC(C)[C@H](NC(=O)NC1CC2CCC1O2)C(=O)O. The molecule has 0 spiro atoms. The fourth-order valence-corrected chi connectivity index (χ4v) is 2.82. The van der Waals surface area contributed by atoms with E-state index in [4.69, 9.17) is 9.84 Å². The van der Waals surface area contributed by atoms with Crippen LogP contribution < -0.4 is 10.6 Å². The van der Waals surface area contributed by atoms with Gasteiger partial charge in [-0.25, -0.2) is 9.59 Å². The van der Waals surface area contributed by atoms with Gasteiger partial charge in [0.2, 0.25) is 0 Å². The first-order valence-corrected chi connectivity index (χ1v) is 6.96. The molecule has 4 unspecified atom stereocenters. The van der Waals surface area contributed by atoms with Gasteiger partial charge in [0.05, 0.1) is 18.2 Å². The zero-order chi connectivity index (χ0) is 14.0. The molecule has 0 saturated carbocycles. The van der Waals surface area contributed by atoms with Crippen molar-refractivity contribution in [1.82, 2.24) is 10.6 Å². The van der Waals surface area contributed by atoms with E-state index in [9.17, 15) is 9.59 Å². The molecular weight excluding hydrogens is 248 g/mol. The summed E-state index contributed by atoms with van der Waals surface area (Å²) in [6.45, 7) is 3.73. The van der Waals surface area contributed by atoms with Crippen molar-refractivity contribution < 1.29 is 19.4 Å². The Bertz CT molecular complexity index is 361. The van der Waals surface area contributed by atoms with Crippen molar-refractivity contribution in [2.24, 2.45) is 5.92 Å². The van der Waals surface area contributed by atoms with Gasteiger partial charge in [-0.2, -0.15) is 0 Å². The Morgan fingerprint density at radius 2 is 2.16 bits per heavy atom. The first-order valence-electron chi connectivity index (χ1n) is 6.96. The zero-order valence-corrected chi connectivity index (χ0v) is 11.4. The molecule has 2 aliphatic rings. The summed E-state index contributed by atoms with van der Waals surface area (Å²) < 4.78 is 5.65. The van der Waals surface area contributed by atoms with Crippen LogP contribution in [-0.2, 0) is 9.53 Å². The molecule has 108 valence electrons. The van der Waals surface area contributed by atoms with Crippen LogP contribution in [0.5, 0.6) is 0 Å². The second-order valence-electron chi connectivity index (χ2n) is 5.54. The second-order valence-corrected chi connectivity index (χ2v) is 5.54. The standard InChI is InChI=1S/C13H22N2O4/c1-3-7(2)11(12(16)17)15-13(18)14-9-6-8-4-5-10(9)19-8/h7-11H,3-6H2,1-2H3,(H,16,17)(H2,14,15,18)/t7?,8?,9?,10?,11-/m0/s1. The molecule has 2 saturated heterocycles. The molecule has 0 aromatic heterocycles. The number of carbonyl (C=O) groups excluding carboxylic acids is 1. The maximum Gasteiger partial charge on any atom is 0.326 e. The van der Waals surface area contributed by atoms with E-state index in [1.165, 1.54) is 0 Å². The van der Waals surface area contributed by atoms with Crippen LogP contribution in [0.25, 0.3) is 0 Å². The van der Waals surface area contributed by atoms with Crippen LogP contribution >= 0.6 is 0 Å². The van der Waals surface area contributed by atoms with E-state index in [0.717, 1.165) is 19.3 Å². The lowest BCUT2D eigenvalue weighted by Crippen LogP contribution is -2.53. The number of amides is 2. The number of rotatable bonds is 5. The molecule has 3 N–H and O–H groups in total. The number of carbonyl (C=O) groups is 2. The van der Waals surface area contributed by atoms with E-state index in [2.05, 4.69) is 10.6 Å². The van der Waals surface area contributed by atoms with E-state index >= 15 is 0 Å².